The molecule has 0 aliphatic carbocycles. The molecule has 2 rings (SSSR count). The minimum atomic E-state index is -3.51. The summed E-state index contributed by atoms with van der Waals surface area (Å²) >= 11 is 0. The van der Waals surface area contributed by atoms with Crippen molar-refractivity contribution in [3.8, 4) is 0 Å². The Morgan fingerprint density at radius 2 is 1.92 bits per heavy atom. The minimum Gasteiger partial charge on any atom is -0.335 e. The van der Waals surface area contributed by atoms with Gasteiger partial charge in [-0.15, -0.1) is 0 Å². The molecule has 1 aliphatic rings. The van der Waals surface area contributed by atoms with Crippen molar-refractivity contribution in [1.29, 1.82) is 0 Å². The molecular formula is C18H32N4O3S+2. The standard InChI is InChI=1S/C18H30N4O3S/c1-15-7-8-16(20-18(23)14-19-9-12-21(2)3)13-17(15)26(24,25)22-10-5-4-6-11-22/h7-8,13,19H,4-6,9-12,14H2,1-3H3,(H,20,23)/p+2. The Labute approximate surface area is 156 Å². The van der Waals surface area contributed by atoms with Gasteiger partial charge in [-0.2, -0.15) is 4.31 Å². The molecule has 0 atom stereocenters. The summed E-state index contributed by atoms with van der Waals surface area (Å²) in [6.07, 6.45) is 2.88. The fourth-order valence-electron chi connectivity index (χ4n) is 3.04. The van der Waals surface area contributed by atoms with Crippen molar-refractivity contribution in [2.45, 2.75) is 31.1 Å². The lowest BCUT2D eigenvalue weighted by molar-refractivity contribution is -0.873. The summed E-state index contributed by atoms with van der Waals surface area (Å²) in [5.74, 6) is -0.121. The molecule has 0 unspecified atom stereocenters. The van der Waals surface area contributed by atoms with Crippen molar-refractivity contribution in [3.63, 3.8) is 0 Å². The van der Waals surface area contributed by atoms with Crippen LogP contribution >= 0.6 is 0 Å². The highest BCUT2D eigenvalue weighted by molar-refractivity contribution is 7.89. The molecule has 0 saturated carbocycles. The number of aryl methyl sites for hydroxylation is 1. The molecule has 1 aliphatic heterocycles. The molecule has 146 valence electrons. The molecule has 1 saturated heterocycles. The smallest absolute Gasteiger partial charge is 0.279 e. The number of hydrogen-bond donors (Lipinski definition) is 3. The van der Waals surface area contributed by atoms with Crippen molar-refractivity contribution >= 4 is 21.6 Å². The van der Waals surface area contributed by atoms with Gasteiger partial charge in [-0.25, -0.2) is 8.42 Å². The van der Waals surface area contributed by atoms with Crippen LogP contribution in [-0.2, 0) is 14.8 Å². The molecule has 0 aromatic heterocycles. The largest absolute Gasteiger partial charge is 0.335 e. The van der Waals surface area contributed by atoms with Crippen LogP contribution in [-0.4, -0.2) is 65.4 Å². The van der Waals surface area contributed by atoms with E-state index < -0.39 is 10.0 Å². The molecule has 0 bridgehead atoms. The SMILES string of the molecule is Cc1ccc(NC(=O)C[NH2+]CC[NH+](C)C)cc1S(=O)(=O)N1CCCCC1. The fourth-order valence-corrected chi connectivity index (χ4v) is 4.80. The highest BCUT2D eigenvalue weighted by Gasteiger charge is 2.27. The zero-order chi connectivity index (χ0) is 19.2. The summed E-state index contributed by atoms with van der Waals surface area (Å²) in [5.41, 5.74) is 1.23. The van der Waals surface area contributed by atoms with Gasteiger partial charge in [-0.05, 0) is 37.5 Å². The first-order valence-corrected chi connectivity index (χ1v) is 10.8. The normalized spacial score (nSPS) is 16.0. The highest BCUT2D eigenvalue weighted by atomic mass is 32.2. The predicted molar refractivity (Wildman–Crippen MR) is 102 cm³/mol. The number of benzene rings is 1. The van der Waals surface area contributed by atoms with Gasteiger partial charge in [-0.3, -0.25) is 4.79 Å². The van der Waals surface area contributed by atoms with Crippen molar-refractivity contribution in [1.82, 2.24) is 4.31 Å². The molecule has 0 radical (unpaired) electrons. The second-order valence-corrected chi connectivity index (χ2v) is 9.14. The van der Waals surface area contributed by atoms with Gasteiger partial charge < -0.3 is 15.5 Å². The molecule has 8 heteroatoms. The number of hydrogen-bond acceptors (Lipinski definition) is 3. The van der Waals surface area contributed by atoms with Crippen LogP contribution in [0.5, 0.6) is 0 Å². The van der Waals surface area contributed by atoms with Crippen molar-refractivity contribution in [2.24, 2.45) is 0 Å². The molecule has 1 heterocycles. The van der Waals surface area contributed by atoms with Crippen LogP contribution in [0.2, 0.25) is 0 Å². The van der Waals surface area contributed by atoms with Gasteiger partial charge in [0.25, 0.3) is 5.91 Å². The summed E-state index contributed by atoms with van der Waals surface area (Å²) in [7, 11) is 0.638. The molecule has 4 N–H and O–H groups in total. The lowest BCUT2D eigenvalue weighted by atomic mass is 10.2. The molecule has 7 nitrogen and oxygen atoms in total. The zero-order valence-electron chi connectivity index (χ0n) is 16.0. The van der Waals surface area contributed by atoms with Gasteiger partial charge in [0.15, 0.2) is 6.54 Å². The maximum absolute atomic E-state index is 12.9. The van der Waals surface area contributed by atoms with E-state index in [2.05, 4.69) is 19.4 Å². The summed E-state index contributed by atoms with van der Waals surface area (Å²) < 4.78 is 27.4. The first-order chi connectivity index (χ1) is 12.3. The fraction of sp³-hybridized carbons (Fsp3) is 0.611. The van der Waals surface area contributed by atoms with Crippen LogP contribution in [0.25, 0.3) is 0 Å². The second kappa shape index (κ2) is 9.45. The maximum Gasteiger partial charge on any atom is 0.279 e. The summed E-state index contributed by atoms with van der Waals surface area (Å²) in [6.45, 7) is 5.12. The number of piperidine rings is 1. The number of anilines is 1. The Morgan fingerprint density at radius 1 is 1.23 bits per heavy atom. The van der Waals surface area contributed by atoms with Gasteiger partial charge in [0.05, 0.1) is 19.0 Å². The second-order valence-electron chi connectivity index (χ2n) is 7.23. The predicted octanol–water partition coefficient (Wildman–Crippen LogP) is -1.18. The third-order valence-corrected chi connectivity index (χ3v) is 6.62. The minimum absolute atomic E-state index is 0.121. The monoisotopic (exact) mass is 384 g/mol. The molecule has 1 fully saturated rings. The van der Waals surface area contributed by atoms with Crippen LogP contribution < -0.4 is 15.5 Å². The molecule has 1 aromatic rings. The zero-order valence-corrected chi connectivity index (χ0v) is 16.9. The Bertz CT molecular complexity index is 713. The first kappa shape index (κ1) is 20.8. The van der Waals surface area contributed by atoms with Crippen molar-refractivity contribution in [2.75, 3.05) is 52.1 Å². The number of amides is 1. The van der Waals surface area contributed by atoms with Gasteiger partial charge >= 0.3 is 0 Å². The van der Waals surface area contributed by atoms with Gasteiger partial charge in [0, 0.05) is 18.8 Å². The molecule has 26 heavy (non-hydrogen) atoms. The van der Waals surface area contributed by atoms with E-state index in [0.717, 1.165) is 32.4 Å². The summed E-state index contributed by atoms with van der Waals surface area (Å²) in [6, 6.07) is 5.10. The average molecular weight is 385 g/mol. The number of carbonyl (C=O) groups excluding carboxylic acids is 1. The third-order valence-electron chi connectivity index (χ3n) is 4.58. The van der Waals surface area contributed by atoms with Gasteiger partial charge in [-0.1, -0.05) is 12.5 Å². The number of carbonyl (C=O) groups is 1. The van der Waals surface area contributed by atoms with Crippen LogP contribution in [0.3, 0.4) is 0 Å². The van der Waals surface area contributed by atoms with E-state index in [4.69, 9.17) is 0 Å². The van der Waals surface area contributed by atoms with Gasteiger partial charge in [0.1, 0.15) is 13.1 Å². The van der Waals surface area contributed by atoms with E-state index >= 15 is 0 Å². The number of likely N-dealkylation sites (N-methyl/N-ethyl adjacent to an activating group) is 1. The number of rotatable bonds is 8. The van der Waals surface area contributed by atoms with Crippen molar-refractivity contribution in [3.05, 3.63) is 23.8 Å². The van der Waals surface area contributed by atoms with Crippen LogP contribution in [0.4, 0.5) is 5.69 Å². The lowest BCUT2D eigenvalue weighted by Gasteiger charge is -2.26. The number of quaternary nitrogens is 2. The Morgan fingerprint density at radius 3 is 2.58 bits per heavy atom. The number of sulfonamides is 1. The number of nitrogens with zero attached hydrogens (tertiary/aromatic N) is 1. The summed E-state index contributed by atoms with van der Waals surface area (Å²) in [4.78, 5) is 13.7. The quantitative estimate of drug-likeness (QED) is 0.493. The highest BCUT2D eigenvalue weighted by Crippen LogP contribution is 2.25. The number of nitrogens with one attached hydrogen (secondary N) is 2. The van der Waals surface area contributed by atoms with E-state index in [1.807, 2.05) is 5.32 Å². The Balaban J connectivity index is 2.03. The van der Waals surface area contributed by atoms with E-state index in [0.29, 0.717) is 30.9 Å². The van der Waals surface area contributed by atoms with Crippen LogP contribution in [0.15, 0.2) is 23.1 Å². The van der Waals surface area contributed by atoms with Crippen LogP contribution in [0.1, 0.15) is 24.8 Å². The first-order valence-electron chi connectivity index (χ1n) is 9.32. The van der Waals surface area contributed by atoms with Gasteiger partial charge in [0.2, 0.25) is 10.0 Å². The third kappa shape index (κ3) is 5.77. The van der Waals surface area contributed by atoms with E-state index in [-0.39, 0.29) is 10.8 Å². The lowest BCUT2D eigenvalue weighted by Crippen LogP contribution is -3.09. The van der Waals surface area contributed by atoms with Crippen LogP contribution in [0, 0.1) is 6.92 Å². The Hall–Kier alpha value is -1.48. The van der Waals surface area contributed by atoms with E-state index in [1.165, 1.54) is 4.90 Å². The van der Waals surface area contributed by atoms with E-state index in [9.17, 15) is 13.2 Å². The molecular weight excluding hydrogens is 352 g/mol. The maximum atomic E-state index is 12.9. The molecule has 1 amide bonds. The topological polar surface area (TPSA) is 87.5 Å². The average Bonchev–Trinajstić information content (AvgIpc) is 2.61. The Kier molecular flexibility index (Phi) is 7.57. The number of nitrogens with two attached hydrogens (primary N) is 1. The summed E-state index contributed by atoms with van der Waals surface area (Å²) in [5, 5.41) is 4.77. The van der Waals surface area contributed by atoms with E-state index in [1.54, 1.807) is 29.4 Å². The molecule has 0 spiro atoms. The van der Waals surface area contributed by atoms with Crippen molar-refractivity contribution < 1.29 is 23.4 Å². The molecule has 1 aromatic carbocycles.